The molecule has 4 aromatic heterocycles. The van der Waals surface area contributed by atoms with Crippen LogP contribution >= 0.6 is 0 Å². The van der Waals surface area contributed by atoms with Gasteiger partial charge in [0.05, 0.1) is 29.2 Å². The number of nitrogen functional groups attached to an aromatic ring is 2. The van der Waals surface area contributed by atoms with Crippen LogP contribution in [0.25, 0.3) is 22.1 Å². The number of anilines is 2. The van der Waals surface area contributed by atoms with Crippen molar-refractivity contribution in [3.05, 3.63) is 37.2 Å². The average Bonchev–Trinajstić information content (AvgIpc) is 3.87. The summed E-state index contributed by atoms with van der Waals surface area (Å²) >= 11 is 0. The Balaban J connectivity index is 0.000000216. The monoisotopic (exact) mass is 720 g/mol. The Labute approximate surface area is 297 Å². The Bertz CT molecular complexity index is 2040. The van der Waals surface area contributed by atoms with E-state index in [0.717, 1.165) is 0 Å². The number of carbonyl (C=O) groups is 2. The van der Waals surface area contributed by atoms with Gasteiger partial charge >= 0.3 is 11.9 Å². The summed E-state index contributed by atoms with van der Waals surface area (Å²) in [5, 5.41) is 42.3. The van der Waals surface area contributed by atoms with Crippen LogP contribution in [-0.4, -0.2) is 110 Å². The number of aliphatic hydroxyl groups is 4. The second-order valence-corrected chi connectivity index (χ2v) is 12.9. The van der Waals surface area contributed by atoms with E-state index in [4.69, 9.17) is 43.3 Å². The molecule has 6 rings (SSSR count). The van der Waals surface area contributed by atoms with Gasteiger partial charge in [-0.25, -0.2) is 19.9 Å². The molecule has 4 aromatic rings. The Morgan fingerprint density at radius 3 is 1.81 bits per heavy atom. The summed E-state index contributed by atoms with van der Waals surface area (Å²) in [6, 6.07) is 3.32. The van der Waals surface area contributed by atoms with Crippen LogP contribution < -0.4 is 11.5 Å². The zero-order valence-corrected chi connectivity index (χ0v) is 28.7. The van der Waals surface area contributed by atoms with E-state index in [-0.39, 0.29) is 24.2 Å². The number of rotatable bonds is 8. The number of hydrogen-bond acceptors (Lipinski definition) is 16. The van der Waals surface area contributed by atoms with Gasteiger partial charge in [0, 0.05) is 12.4 Å². The molecule has 0 aromatic carbocycles. The first-order chi connectivity index (χ1) is 24.6. The molecule has 0 bridgehead atoms. The Hall–Kier alpha value is -5.34. The second-order valence-electron chi connectivity index (χ2n) is 12.9. The van der Waals surface area contributed by atoms with E-state index >= 15 is 0 Å². The summed E-state index contributed by atoms with van der Waals surface area (Å²) in [6.45, 7) is 5.94. The van der Waals surface area contributed by atoms with Crippen LogP contribution in [0.5, 0.6) is 0 Å². The summed E-state index contributed by atoms with van der Waals surface area (Å²) < 4.78 is 25.3. The molecule has 0 amide bonds. The van der Waals surface area contributed by atoms with Crippen molar-refractivity contribution >= 4 is 45.6 Å². The molecule has 8 N–H and O–H groups in total. The number of esters is 2. The molecule has 0 saturated carbocycles. The van der Waals surface area contributed by atoms with Crippen LogP contribution in [0.15, 0.2) is 37.2 Å². The highest BCUT2D eigenvalue weighted by Gasteiger charge is 2.59. The molecule has 276 valence electrons. The fraction of sp³-hybridized carbons (Fsp3) is 0.471. The van der Waals surface area contributed by atoms with Crippen LogP contribution in [0.3, 0.4) is 0 Å². The summed E-state index contributed by atoms with van der Waals surface area (Å²) in [5.74, 6) is 3.10. The minimum atomic E-state index is -2.06. The number of fused-ring (bicyclic) bond motifs is 2. The Kier molecular flexibility index (Phi) is 10.7. The first-order valence-electron chi connectivity index (χ1n) is 16.1. The molecule has 2 aliphatic rings. The van der Waals surface area contributed by atoms with E-state index in [1.165, 1.54) is 21.8 Å². The van der Waals surface area contributed by atoms with E-state index in [1.807, 2.05) is 0 Å². The molecule has 0 unspecified atom stereocenters. The molecule has 0 spiro atoms. The third kappa shape index (κ3) is 6.59. The van der Waals surface area contributed by atoms with Crippen LogP contribution in [0, 0.1) is 36.5 Å². The van der Waals surface area contributed by atoms with Crippen molar-refractivity contribution < 1.29 is 49.0 Å². The quantitative estimate of drug-likeness (QED) is 0.101. The van der Waals surface area contributed by atoms with Crippen LogP contribution in [0.2, 0.25) is 0 Å². The predicted molar refractivity (Wildman–Crippen MR) is 183 cm³/mol. The highest BCUT2D eigenvalue weighted by Crippen LogP contribution is 2.43. The SMILES string of the molecule is C#C[C@@]1(O)[C@H](O)[C@@H](CO)O[C@H]1n1ccc2c(N)ncnc21.C#C[C@@]1(O)[C@H](OC(=O)C(C)C)[C@@H](COC(=O)C(C)C)O[C@H]1n1ccc2c(N)ncnc21. The molecule has 8 atom stereocenters. The smallest absolute Gasteiger partial charge is 0.308 e. The minimum absolute atomic E-state index is 0.246. The van der Waals surface area contributed by atoms with E-state index in [0.29, 0.717) is 22.1 Å². The number of carbonyl (C=O) groups excluding carboxylic acids is 2. The summed E-state index contributed by atoms with van der Waals surface area (Å²) in [7, 11) is 0. The second kappa shape index (κ2) is 14.7. The number of nitrogens with zero attached hydrogens (tertiary/aromatic N) is 6. The molecule has 2 aliphatic heterocycles. The number of terminal acetylenes is 2. The van der Waals surface area contributed by atoms with Crippen molar-refractivity contribution in [1.82, 2.24) is 29.1 Å². The number of aromatic nitrogens is 6. The van der Waals surface area contributed by atoms with Gasteiger partial charge in [0.2, 0.25) is 5.60 Å². The molecule has 0 radical (unpaired) electrons. The summed E-state index contributed by atoms with van der Waals surface area (Å²) in [4.78, 5) is 40.4. The fourth-order valence-corrected chi connectivity index (χ4v) is 5.79. The molecule has 2 fully saturated rings. The summed E-state index contributed by atoms with van der Waals surface area (Å²) in [6.07, 6.45) is 9.79. The molecule has 18 nitrogen and oxygen atoms in total. The molecule has 52 heavy (non-hydrogen) atoms. The molecule has 0 aliphatic carbocycles. The maximum Gasteiger partial charge on any atom is 0.308 e. The number of ether oxygens (including phenoxy) is 4. The number of hydrogen-bond donors (Lipinski definition) is 6. The predicted octanol–water partition coefficient (Wildman–Crippen LogP) is -0.329. The molecule has 2 saturated heterocycles. The fourth-order valence-electron chi connectivity index (χ4n) is 5.79. The van der Waals surface area contributed by atoms with Crippen molar-refractivity contribution in [2.45, 2.75) is 75.8 Å². The highest BCUT2D eigenvalue weighted by molar-refractivity contribution is 5.87. The van der Waals surface area contributed by atoms with E-state index in [1.54, 1.807) is 52.2 Å². The van der Waals surface area contributed by atoms with Gasteiger partial charge in [0.25, 0.3) is 0 Å². The van der Waals surface area contributed by atoms with Crippen molar-refractivity contribution in [1.29, 1.82) is 0 Å². The lowest BCUT2D eigenvalue weighted by Gasteiger charge is -2.29. The minimum Gasteiger partial charge on any atom is -0.463 e. The van der Waals surface area contributed by atoms with E-state index < -0.39 is 72.5 Å². The van der Waals surface area contributed by atoms with Crippen LogP contribution in [0.1, 0.15) is 40.2 Å². The maximum atomic E-state index is 12.3. The van der Waals surface area contributed by atoms with Gasteiger partial charge in [-0.2, -0.15) is 0 Å². The van der Waals surface area contributed by atoms with Crippen molar-refractivity contribution in [3.8, 4) is 24.7 Å². The molecular weight excluding hydrogens is 680 g/mol. The van der Waals surface area contributed by atoms with Crippen molar-refractivity contribution in [2.75, 3.05) is 24.7 Å². The lowest BCUT2D eigenvalue weighted by molar-refractivity contribution is -0.166. The van der Waals surface area contributed by atoms with Crippen molar-refractivity contribution in [2.24, 2.45) is 11.8 Å². The van der Waals surface area contributed by atoms with Gasteiger partial charge in [-0.3, -0.25) is 9.59 Å². The number of nitrogens with two attached hydrogens (primary N) is 2. The van der Waals surface area contributed by atoms with Gasteiger partial charge < -0.3 is 60.0 Å². The van der Waals surface area contributed by atoms with Gasteiger partial charge in [-0.1, -0.05) is 39.5 Å². The van der Waals surface area contributed by atoms with Crippen LogP contribution in [-0.2, 0) is 28.5 Å². The molecule has 18 heteroatoms. The van der Waals surface area contributed by atoms with Gasteiger partial charge in [0.1, 0.15) is 60.5 Å². The maximum absolute atomic E-state index is 12.3. The van der Waals surface area contributed by atoms with Crippen molar-refractivity contribution in [3.63, 3.8) is 0 Å². The largest absolute Gasteiger partial charge is 0.463 e. The highest BCUT2D eigenvalue weighted by atomic mass is 16.6. The first kappa shape index (κ1) is 37.9. The standard InChI is InChI=1S/C21H26N4O6.C13H14N4O4/c1-6-21(28)15(31-19(27)12(4)5)14(9-29-18(26)11(2)3)30-20(21)25-8-7-13-16(22)23-10-24-17(13)25;1-2-13(20)9(19)8(5-18)21-12(13)17-4-3-7-10(14)15-6-16-11(7)17/h1,7-8,10-12,14-15,20,28H,9H2,2-5H3,(H2,22,23,24);1,3-4,6,8-9,12,18-20H,5H2,(H2,14,15,16)/t14-,15-,20-,21-;8-,9-,12-,13-/m11/s1. The van der Waals surface area contributed by atoms with Gasteiger partial charge in [0.15, 0.2) is 24.2 Å². The van der Waals surface area contributed by atoms with E-state index in [2.05, 4.69) is 31.8 Å². The normalized spacial score (nSPS) is 28.4. The lowest BCUT2D eigenvalue weighted by Crippen LogP contribution is -2.49. The third-order valence-electron chi connectivity index (χ3n) is 8.74. The average molecular weight is 721 g/mol. The first-order valence-corrected chi connectivity index (χ1v) is 16.1. The van der Waals surface area contributed by atoms with Gasteiger partial charge in [-0.05, 0) is 12.1 Å². The zero-order chi connectivity index (χ0) is 38.1. The summed E-state index contributed by atoms with van der Waals surface area (Å²) in [5.41, 5.74) is 8.38. The van der Waals surface area contributed by atoms with Gasteiger partial charge in [-0.15, -0.1) is 12.8 Å². The number of aliphatic hydroxyl groups excluding tert-OH is 2. The molecule has 6 heterocycles. The topological polar surface area (TPSA) is 265 Å². The third-order valence-corrected chi connectivity index (χ3v) is 8.74. The zero-order valence-electron chi connectivity index (χ0n) is 28.7. The Morgan fingerprint density at radius 1 is 0.865 bits per heavy atom. The molecular formula is C34H40N8O10. The lowest BCUT2D eigenvalue weighted by atomic mass is 9.94. The van der Waals surface area contributed by atoms with E-state index in [9.17, 15) is 30.0 Å². The Morgan fingerprint density at radius 2 is 1.35 bits per heavy atom. The van der Waals surface area contributed by atoms with Crippen LogP contribution in [0.4, 0.5) is 11.6 Å².